The van der Waals surface area contributed by atoms with Gasteiger partial charge in [-0.3, -0.25) is 4.79 Å². The zero-order valence-electron chi connectivity index (χ0n) is 13.2. The van der Waals surface area contributed by atoms with Gasteiger partial charge in [-0.05, 0) is 19.4 Å². The molecule has 0 aliphatic carbocycles. The van der Waals surface area contributed by atoms with Crippen LogP contribution in [0, 0.1) is 0 Å². The Bertz CT molecular complexity index is 343. The van der Waals surface area contributed by atoms with Crippen LogP contribution in [0.15, 0.2) is 0 Å². The second-order valence-electron chi connectivity index (χ2n) is 5.37. The van der Waals surface area contributed by atoms with Crippen molar-refractivity contribution < 1.29 is 19.4 Å². The molecule has 1 aliphatic heterocycles. The highest BCUT2D eigenvalue weighted by Crippen LogP contribution is 2.16. The number of hydrogen-bond acceptors (Lipinski definition) is 4. The number of hydrogen-bond donors (Lipinski definition) is 1. The lowest BCUT2D eigenvalue weighted by Gasteiger charge is -2.38. The van der Waals surface area contributed by atoms with Gasteiger partial charge >= 0.3 is 12.0 Å². The van der Waals surface area contributed by atoms with E-state index in [9.17, 15) is 9.59 Å². The second kappa shape index (κ2) is 8.84. The molecule has 0 aromatic rings. The van der Waals surface area contributed by atoms with E-state index in [2.05, 4.69) is 11.8 Å². The normalized spacial score (nSPS) is 16.7. The molecule has 122 valence electrons. The van der Waals surface area contributed by atoms with Crippen LogP contribution in [0.25, 0.3) is 0 Å². The minimum absolute atomic E-state index is 0.180. The van der Waals surface area contributed by atoms with E-state index < -0.39 is 5.97 Å². The van der Waals surface area contributed by atoms with Crippen molar-refractivity contribution >= 4 is 12.0 Å². The summed E-state index contributed by atoms with van der Waals surface area (Å²) in [5.74, 6) is -1.01. The maximum atomic E-state index is 12.5. The topological polar surface area (TPSA) is 73.3 Å². The van der Waals surface area contributed by atoms with Crippen LogP contribution in [0.1, 0.15) is 19.8 Å². The van der Waals surface area contributed by atoms with E-state index in [-0.39, 0.29) is 18.6 Å². The van der Waals surface area contributed by atoms with Gasteiger partial charge in [-0.2, -0.15) is 0 Å². The first kappa shape index (κ1) is 17.7. The van der Waals surface area contributed by atoms with E-state index in [1.54, 1.807) is 11.9 Å². The number of amides is 2. The number of carboxylic acids is 1. The third kappa shape index (κ3) is 5.51. The van der Waals surface area contributed by atoms with Gasteiger partial charge in [0, 0.05) is 39.8 Å². The molecule has 2 amide bonds. The molecule has 7 nitrogen and oxygen atoms in total. The molecule has 0 aromatic carbocycles. The minimum atomic E-state index is -1.01. The zero-order valence-corrected chi connectivity index (χ0v) is 13.2. The van der Waals surface area contributed by atoms with Crippen LogP contribution in [0.4, 0.5) is 4.79 Å². The van der Waals surface area contributed by atoms with Gasteiger partial charge in [-0.15, -0.1) is 0 Å². The Morgan fingerprint density at radius 1 is 1.33 bits per heavy atom. The molecule has 1 N–H and O–H groups in total. The van der Waals surface area contributed by atoms with Crippen LogP contribution in [-0.2, 0) is 9.53 Å². The zero-order chi connectivity index (χ0) is 15.8. The third-order valence-corrected chi connectivity index (χ3v) is 4.02. The highest BCUT2D eigenvalue weighted by atomic mass is 16.5. The number of carbonyl (C=O) groups excluding carboxylic acids is 1. The first-order valence-corrected chi connectivity index (χ1v) is 7.44. The van der Waals surface area contributed by atoms with Gasteiger partial charge in [-0.25, -0.2) is 4.79 Å². The number of ether oxygens (including phenoxy) is 1. The standard InChI is InChI=1S/C14H27N3O4/c1-4-16-7-5-12(6-8-16)15(2)14(20)17(9-10-21-3)11-13(18)19/h12H,4-11H2,1-3H3,(H,18,19). The molecule has 0 radical (unpaired) electrons. The Morgan fingerprint density at radius 2 is 1.95 bits per heavy atom. The van der Waals surface area contributed by atoms with E-state index >= 15 is 0 Å². The van der Waals surface area contributed by atoms with Crippen LogP contribution in [0.2, 0.25) is 0 Å². The maximum absolute atomic E-state index is 12.5. The molecule has 0 saturated carbocycles. The van der Waals surface area contributed by atoms with E-state index in [1.807, 2.05) is 0 Å². The second-order valence-corrected chi connectivity index (χ2v) is 5.37. The Balaban J connectivity index is 2.58. The summed E-state index contributed by atoms with van der Waals surface area (Å²) < 4.78 is 4.95. The van der Waals surface area contributed by atoms with Gasteiger partial charge in [-0.1, -0.05) is 6.92 Å². The number of methoxy groups -OCH3 is 1. The first-order valence-electron chi connectivity index (χ1n) is 7.44. The largest absolute Gasteiger partial charge is 0.480 e. The molecule has 0 spiro atoms. The SMILES string of the molecule is CCN1CCC(N(C)C(=O)N(CCOC)CC(=O)O)CC1. The molecule has 0 bridgehead atoms. The average molecular weight is 301 g/mol. The summed E-state index contributed by atoms with van der Waals surface area (Å²) in [4.78, 5) is 28.7. The summed E-state index contributed by atoms with van der Waals surface area (Å²) in [5, 5.41) is 8.93. The van der Waals surface area contributed by atoms with Crippen molar-refractivity contribution in [3.05, 3.63) is 0 Å². The van der Waals surface area contributed by atoms with Crippen LogP contribution in [0.3, 0.4) is 0 Å². The van der Waals surface area contributed by atoms with Crippen molar-refractivity contribution in [2.75, 3.05) is 53.5 Å². The summed E-state index contributed by atoms with van der Waals surface area (Å²) in [7, 11) is 3.30. The van der Waals surface area contributed by atoms with Gasteiger partial charge in [0.25, 0.3) is 0 Å². The number of aliphatic carboxylic acids is 1. The predicted octanol–water partition coefficient (Wildman–Crippen LogP) is 0.556. The molecule has 0 unspecified atom stereocenters. The number of likely N-dealkylation sites (tertiary alicyclic amines) is 1. The Labute approximate surface area is 126 Å². The van der Waals surface area contributed by atoms with Crippen LogP contribution in [-0.4, -0.2) is 91.3 Å². The molecule has 1 saturated heterocycles. The van der Waals surface area contributed by atoms with Crippen molar-refractivity contribution in [3.8, 4) is 0 Å². The number of carbonyl (C=O) groups is 2. The summed E-state index contributed by atoms with van der Waals surface area (Å²) >= 11 is 0. The summed E-state index contributed by atoms with van der Waals surface area (Å²) in [6.07, 6.45) is 1.86. The number of urea groups is 1. The average Bonchev–Trinajstić information content (AvgIpc) is 2.49. The molecule has 1 aliphatic rings. The van der Waals surface area contributed by atoms with E-state index in [4.69, 9.17) is 9.84 Å². The van der Waals surface area contributed by atoms with Crippen LogP contribution >= 0.6 is 0 Å². The highest BCUT2D eigenvalue weighted by Gasteiger charge is 2.28. The fourth-order valence-electron chi connectivity index (χ4n) is 2.61. The van der Waals surface area contributed by atoms with Gasteiger partial charge in [0.1, 0.15) is 6.54 Å². The minimum Gasteiger partial charge on any atom is -0.480 e. The predicted molar refractivity (Wildman–Crippen MR) is 79.4 cm³/mol. The van der Waals surface area contributed by atoms with Crippen molar-refractivity contribution in [3.63, 3.8) is 0 Å². The summed E-state index contributed by atoms with van der Waals surface area (Å²) in [6.45, 7) is 5.46. The molecule has 1 rings (SSSR count). The quantitative estimate of drug-likeness (QED) is 0.743. The number of rotatable bonds is 7. The molecule has 1 heterocycles. The van der Waals surface area contributed by atoms with Crippen molar-refractivity contribution in [1.29, 1.82) is 0 Å². The van der Waals surface area contributed by atoms with E-state index in [0.29, 0.717) is 13.2 Å². The fraction of sp³-hybridized carbons (Fsp3) is 0.857. The first-order chi connectivity index (χ1) is 9.99. The molecule has 21 heavy (non-hydrogen) atoms. The number of nitrogens with zero attached hydrogens (tertiary/aromatic N) is 3. The molecule has 0 aromatic heterocycles. The lowest BCUT2D eigenvalue weighted by atomic mass is 10.0. The van der Waals surface area contributed by atoms with Gasteiger partial charge < -0.3 is 24.5 Å². The van der Waals surface area contributed by atoms with Crippen LogP contribution < -0.4 is 0 Å². The Morgan fingerprint density at radius 3 is 2.43 bits per heavy atom. The lowest BCUT2D eigenvalue weighted by Crippen LogP contribution is -2.51. The van der Waals surface area contributed by atoms with Gasteiger partial charge in [0.05, 0.1) is 6.61 Å². The number of piperidine rings is 1. The Hall–Kier alpha value is -1.34. The number of carboxylic acid groups (broad SMARTS) is 1. The van der Waals surface area contributed by atoms with Crippen LogP contribution in [0.5, 0.6) is 0 Å². The third-order valence-electron chi connectivity index (χ3n) is 4.02. The van der Waals surface area contributed by atoms with Crippen molar-refractivity contribution in [2.45, 2.75) is 25.8 Å². The molecule has 0 atom stereocenters. The molecule has 7 heteroatoms. The monoisotopic (exact) mass is 301 g/mol. The maximum Gasteiger partial charge on any atom is 0.323 e. The Kier molecular flexibility index (Phi) is 7.45. The van der Waals surface area contributed by atoms with Gasteiger partial charge in [0.15, 0.2) is 0 Å². The lowest BCUT2D eigenvalue weighted by molar-refractivity contribution is -0.137. The van der Waals surface area contributed by atoms with E-state index in [0.717, 1.165) is 32.5 Å². The van der Waals surface area contributed by atoms with Crippen molar-refractivity contribution in [1.82, 2.24) is 14.7 Å². The molecular weight excluding hydrogens is 274 g/mol. The van der Waals surface area contributed by atoms with E-state index in [1.165, 1.54) is 12.0 Å². The van der Waals surface area contributed by atoms with Gasteiger partial charge in [0.2, 0.25) is 0 Å². The summed E-state index contributed by atoms with van der Waals surface area (Å²) in [6, 6.07) is -0.0523. The molecule has 1 fully saturated rings. The molecular formula is C14H27N3O4. The fourth-order valence-corrected chi connectivity index (χ4v) is 2.61. The summed E-state index contributed by atoms with van der Waals surface area (Å²) in [5.41, 5.74) is 0. The highest BCUT2D eigenvalue weighted by molar-refractivity contribution is 5.80. The smallest absolute Gasteiger partial charge is 0.323 e. The van der Waals surface area contributed by atoms with Crippen molar-refractivity contribution in [2.24, 2.45) is 0 Å².